The predicted molar refractivity (Wildman–Crippen MR) is 82.1 cm³/mol. The van der Waals surface area contributed by atoms with Gasteiger partial charge in [0.1, 0.15) is 10.2 Å². The zero-order valence-electron chi connectivity index (χ0n) is 11.8. The highest BCUT2D eigenvalue weighted by Gasteiger charge is 2.29. The second-order valence-electron chi connectivity index (χ2n) is 5.19. The van der Waals surface area contributed by atoms with Crippen LogP contribution in [0.5, 0.6) is 0 Å². The van der Waals surface area contributed by atoms with E-state index in [0.717, 1.165) is 30.4 Å². The summed E-state index contributed by atoms with van der Waals surface area (Å²) in [4.78, 5) is 6.97. The van der Waals surface area contributed by atoms with Gasteiger partial charge in [0.05, 0.1) is 11.7 Å². The molecule has 0 bridgehead atoms. The number of halogens is 1. The number of aryl methyl sites for hydroxylation is 2. The summed E-state index contributed by atoms with van der Waals surface area (Å²) in [6.07, 6.45) is 5.23. The molecule has 1 saturated heterocycles. The predicted octanol–water partition coefficient (Wildman–Crippen LogP) is 3.43. The summed E-state index contributed by atoms with van der Waals surface area (Å²) >= 11 is 8.15. The van der Waals surface area contributed by atoms with Crippen LogP contribution in [0.3, 0.4) is 0 Å². The highest BCUT2D eigenvalue weighted by atomic mass is 35.5. The number of hydrogen-bond donors (Lipinski definition) is 0. The summed E-state index contributed by atoms with van der Waals surface area (Å²) in [6, 6.07) is 0.441. The van der Waals surface area contributed by atoms with Crippen molar-refractivity contribution in [3.63, 3.8) is 0 Å². The molecule has 108 valence electrons. The largest absolute Gasteiger partial charge is 0.290 e. The third-order valence-corrected chi connectivity index (χ3v) is 5.30. The Hall–Kier alpha value is -0.910. The first-order chi connectivity index (χ1) is 9.70. The van der Waals surface area contributed by atoms with Gasteiger partial charge in [-0.1, -0.05) is 18.5 Å². The molecule has 2 aromatic rings. The summed E-state index contributed by atoms with van der Waals surface area (Å²) in [5.74, 6) is 0. The fourth-order valence-corrected chi connectivity index (χ4v) is 3.95. The quantitative estimate of drug-likeness (QED) is 0.867. The number of thiazole rings is 1. The molecule has 0 saturated carbocycles. The van der Waals surface area contributed by atoms with E-state index in [0.29, 0.717) is 6.04 Å². The maximum absolute atomic E-state index is 6.40. The molecule has 0 radical (unpaired) electrons. The Morgan fingerprint density at radius 2 is 2.35 bits per heavy atom. The van der Waals surface area contributed by atoms with Crippen LogP contribution in [0.25, 0.3) is 0 Å². The molecule has 0 amide bonds. The minimum absolute atomic E-state index is 0.441. The maximum atomic E-state index is 6.40. The van der Waals surface area contributed by atoms with Gasteiger partial charge < -0.3 is 0 Å². The topological polar surface area (TPSA) is 34.0 Å². The summed E-state index contributed by atoms with van der Waals surface area (Å²) in [5.41, 5.74) is 2.29. The molecule has 3 rings (SSSR count). The minimum Gasteiger partial charge on any atom is -0.290 e. The Morgan fingerprint density at radius 1 is 1.50 bits per heavy atom. The molecule has 0 aromatic carbocycles. The third-order valence-electron chi connectivity index (χ3n) is 3.95. The van der Waals surface area contributed by atoms with Crippen LogP contribution in [-0.2, 0) is 20.0 Å². The van der Waals surface area contributed by atoms with Gasteiger partial charge >= 0.3 is 0 Å². The first kappa shape index (κ1) is 14.0. The van der Waals surface area contributed by atoms with Gasteiger partial charge in [-0.2, -0.15) is 5.10 Å². The van der Waals surface area contributed by atoms with Gasteiger partial charge in [-0.05, 0) is 25.8 Å². The van der Waals surface area contributed by atoms with Crippen molar-refractivity contribution in [1.29, 1.82) is 0 Å². The number of hydrogen-bond acceptors (Lipinski definition) is 4. The van der Waals surface area contributed by atoms with Crippen molar-refractivity contribution in [3.8, 4) is 0 Å². The summed E-state index contributed by atoms with van der Waals surface area (Å²) in [6.45, 7) is 4.11. The van der Waals surface area contributed by atoms with Crippen molar-refractivity contribution in [2.75, 3.05) is 6.54 Å². The van der Waals surface area contributed by atoms with Crippen LogP contribution in [-0.4, -0.2) is 26.2 Å². The molecular formula is C14H19ClN4S. The molecule has 1 atom stereocenters. The van der Waals surface area contributed by atoms with E-state index in [1.165, 1.54) is 23.4 Å². The fourth-order valence-electron chi connectivity index (χ4n) is 2.94. The Labute approximate surface area is 128 Å². The lowest BCUT2D eigenvalue weighted by Gasteiger charge is -2.22. The minimum atomic E-state index is 0.441. The Balaban J connectivity index is 1.84. The molecule has 1 fully saturated rings. The first-order valence-electron chi connectivity index (χ1n) is 7.04. The summed E-state index contributed by atoms with van der Waals surface area (Å²) in [7, 11) is 1.91. The van der Waals surface area contributed by atoms with Crippen molar-refractivity contribution in [2.24, 2.45) is 7.05 Å². The van der Waals surface area contributed by atoms with Crippen LogP contribution < -0.4 is 0 Å². The number of rotatable bonds is 4. The van der Waals surface area contributed by atoms with E-state index in [2.05, 4.69) is 27.3 Å². The monoisotopic (exact) mass is 310 g/mol. The van der Waals surface area contributed by atoms with Crippen LogP contribution in [0.15, 0.2) is 11.6 Å². The molecule has 1 aliphatic heterocycles. The van der Waals surface area contributed by atoms with Gasteiger partial charge in [-0.3, -0.25) is 9.58 Å². The van der Waals surface area contributed by atoms with Crippen LogP contribution >= 0.6 is 22.9 Å². The van der Waals surface area contributed by atoms with E-state index in [4.69, 9.17) is 11.6 Å². The lowest BCUT2D eigenvalue weighted by atomic mass is 10.2. The molecule has 0 spiro atoms. The molecule has 2 aromatic heterocycles. The molecule has 1 aliphatic rings. The highest BCUT2D eigenvalue weighted by molar-refractivity contribution is 7.09. The molecule has 0 aliphatic carbocycles. The normalized spacial score (nSPS) is 19.9. The van der Waals surface area contributed by atoms with E-state index >= 15 is 0 Å². The Kier molecular flexibility index (Phi) is 4.10. The van der Waals surface area contributed by atoms with Crippen LogP contribution in [0, 0.1) is 0 Å². The van der Waals surface area contributed by atoms with Crippen molar-refractivity contribution in [3.05, 3.63) is 33.0 Å². The van der Waals surface area contributed by atoms with Gasteiger partial charge in [0.15, 0.2) is 0 Å². The lowest BCUT2D eigenvalue weighted by molar-refractivity contribution is 0.247. The summed E-state index contributed by atoms with van der Waals surface area (Å²) in [5, 5.41) is 8.55. The maximum Gasteiger partial charge on any atom is 0.131 e. The zero-order valence-corrected chi connectivity index (χ0v) is 13.4. The van der Waals surface area contributed by atoms with Crippen LogP contribution in [0.2, 0.25) is 5.15 Å². The molecule has 1 unspecified atom stereocenters. The smallest absolute Gasteiger partial charge is 0.131 e. The Bertz CT molecular complexity index is 578. The standard InChI is InChI=1S/C14H19ClN4S/c1-3-11-10(13(15)18(2)17-11)9-19-7-4-5-12(19)14-16-6-8-20-14/h6,8,12H,3-5,7,9H2,1-2H3. The lowest BCUT2D eigenvalue weighted by Crippen LogP contribution is -2.23. The van der Waals surface area contributed by atoms with E-state index in [-0.39, 0.29) is 0 Å². The van der Waals surface area contributed by atoms with Gasteiger partial charge in [0.2, 0.25) is 0 Å². The van der Waals surface area contributed by atoms with E-state index in [1.54, 1.807) is 16.0 Å². The second-order valence-corrected chi connectivity index (χ2v) is 6.48. The van der Waals surface area contributed by atoms with E-state index in [1.807, 2.05) is 13.2 Å². The third kappa shape index (κ3) is 2.50. The summed E-state index contributed by atoms with van der Waals surface area (Å²) < 4.78 is 1.78. The van der Waals surface area contributed by atoms with Gasteiger partial charge in [-0.15, -0.1) is 11.3 Å². The molecule has 6 heteroatoms. The number of likely N-dealkylation sites (tertiary alicyclic amines) is 1. The van der Waals surface area contributed by atoms with Crippen molar-refractivity contribution in [1.82, 2.24) is 19.7 Å². The number of aromatic nitrogens is 3. The zero-order chi connectivity index (χ0) is 14.1. The van der Waals surface area contributed by atoms with Gasteiger partial charge in [-0.25, -0.2) is 4.98 Å². The average Bonchev–Trinajstić information content (AvgIpc) is 3.15. The van der Waals surface area contributed by atoms with Crippen molar-refractivity contribution >= 4 is 22.9 Å². The van der Waals surface area contributed by atoms with Crippen LogP contribution in [0.1, 0.15) is 42.1 Å². The van der Waals surface area contributed by atoms with Gasteiger partial charge in [0, 0.05) is 30.7 Å². The molecule has 3 heterocycles. The SMILES string of the molecule is CCc1nn(C)c(Cl)c1CN1CCCC1c1nccs1. The second kappa shape index (κ2) is 5.84. The molecular weight excluding hydrogens is 292 g/mol. The van der Waals surface area contributed by atoms with E-state index < -0.39 is 0 Å². The molecule has 20 heavy (non-hydrogen) atoms. The molecule has 0 N–H and O–H groups in total. The van der Waals surface area contributed by atoms with E-state index in [9.17, 15) is 0 Å². The molecule has 4 nitrogen and oxygen atoms in total. The van der Waals surface area contributed by atoms with Crippen molar-refractivity contribution in [2.45, 2.75) is 38.8 Å². The highest BCUT2D eigenvalue weighted by Crippen LogP contribution is 2.35. The van der Waals surface area contributed by atoms with Crippen molar-refractivity contribution < 1.29 is 0 Å². The Morgan fingerprint density at radius 3 is 3.05 bits per heavy atom. The fraction of sp³-hybridized carbons (Fsp3) is 0.571. The van der Waals surface area contributed by atoms with Crippen LogP contribution in [0.4, 0.5) is 0 Å². The van der Waals surface area contributed by atoms with Gasteiger partial charge in [0.25, 0.3) is 0 Å². The average molecular weight is 311 g/mol. The number of nitrogens with zero attached hydrogens (tertiary/aromatic N) is 4. The first-order valence-corrected chi connectivity index (χ1v) is 8.30.